The fourth-order valence-corrected chi connectivity index (χ4v) is 2.51. The molecular weight excluding hydrogens is 288 g/mol. The summed E-state index contributed by atoms with van der Waals surface area (Å²) >= 11 is 0. The molecule has 0 unspecified atom stereocenters. The van der Waals surface area contributed by atoms with E-state index in [1.165, 1.54) is 6.07 Å². The molecule has 0 saturated heterocycles. The van der Waals surface area contributed by atoms with Gasteiger partial charge in [0.05, 0.1) is 5.69 Å². The minimum absolute atomic E-state index is 0.135. The van der Waals surface area contributed by atoms with Gasteiger partial charge in [0, 0.05) is 18.2 Å². The van der Waals surface area contributed by atoms with Crippen molar-refractivity contribution in [2.45, 2.75) is 26.7 Å². The number of nitrogens with one attached hydrogen (secondary N) is 2. The third-order valence-electron chi connectivity index (χ3n) is 3.90. The van der Waals surface area contributed by atoms with Crippen molar-refractivity contribution in [3.63, 3.8) is 0 Å². The molecule has 5 nitrogen and oxygen atoms in total. The third-order valence-corrected chi connectivity index (χ3v) is 3.90. The molecule has 0 aliphatic rings. The Labute approximate surface area is 137 Å². The van der Waals surface area contributed by atoms with Crippen molar-refractivity contribution in [2.75, 3.05) is 31.5 Å². The molecule has 1 heterocycles. The van der Waals surface area contributed by atoms with Gasteiger partial charge < -0.3 is 10.2 Å². The van der Waals surface area contributed by atoms with Crippen molar-refractivity contribution in [1.82, 2.24) is 14.9 Å². The summed E-state index contributed by atoms with van der Waals surface area (Å²) in [7, 11) is 0. The first-order chi connectivity index (χ1) is 11.2. The molecule has 0 saturated carbocycles. The van der Waals surface area contributed by atoms with E-state index in [1.54, 1.807) is 0 Å². The summed E-state index contributed by atoms with van der Waals surface area (Å²) in [5, 5.41) is 3.22. The molecular formula is C18H26N4O. The van der Waals surface area contributed by atoms with Gasteiger partial charge in [0.15, 0.2) is 0 Å². The Morgan fingerprint density at radius 2 is 1.87 bits per heavy atom. The second-order valence-corrected chi connectivity index (χ2v) is 5.51. The Kier molecular flexibility index (Phi) is 6.81. The number of nitrogens with zero attached hydrogens (tertiary/aromatic N) is 2. The van der Waals surface area contributed by atoms with E-state index in [1.807, 2.05) is 30.3 Å². The van der Waals surface area contributed by atoms with Gasteiger partial charge in [-0.3, -0.25) is 9.78 Å². The van der Waals surface area contributed by atoms with E-state index >= 15 is 0 Å². The lowest BCUT2D eigenvalue weighted by atomic mass is 10.1. The van der Waals surface area contributed by atoms with Crippen molar-refractivity contribution in [3.8, 4) is 11.3 Å². The predicted octanol–water partition coefficient (Wildman–Crippen LogP) is 2.97. The molecule has 0 amide bonds. The molecule has 1 aromatic heterocycles. The van der Waals surface area contributed by atoms with Crippen LogP contribution in [0.5, 0.6) is 0 Å². The largest absolute Gasteiger partial charge is 0.356 e. The monoisotopic (exact) mass is 314 g/mol. The fraction of sp³-hybridized carbons (Fsp3) is 0.444. The summed E-state index contributed by atoms with van der Waals surface area (Å²) in [6.07, 6.45) is 2.19. The van der Waals surface area contributed by atoms with Gasteiger partial charge in [0.2, 0.25) is 5.95 Å². The molecule has 124 valence electrons. The van der Waals surface area contributed by atoms with Crippen LogP contribution in [-0.4, -0.2) is 41.0 Å². The number of aromatic amines is 1. The Balaban J connectivity index is 1.89. The van der Waals surface area contributed by atoms with Crippen molar-refractivity contribution >= 4 is 5.95 Å². The zero-order chi connectivity index (χ0) is 16.5. The molecule has 0 fully saturated rings. The maximum absolute atomic E-state index is 11.8. The summed E-state index contributed by atoms with van der Waals surface area (Å²) in [5.41, 5.74) is 1.51. The molecule has 2 aromatic rings. The van der Waals surface area contributed by atoms with Crippen LogP contribution in [0.1, 0.15) is 26.7 Å². The third kappa shape index (κ3) is 5.53. The lowest BCUT2D eigenvalue weighted by molar-refractivity contribution is 0.298. The summed E-state index contributed by atoms with van der Waals surface area (Å²) in [5.74, 6) is 0.541. The van der Waals surface area contributed by atoms with Crippen LogP contribution in [0.4, 0.5) is 5.95 Å². The second kappa shape index (κ2) is 9.10. The maximum Gasteiger partial charge on any atom is 0.252 e. The van der Waals surface area contributed by atoms with Gasteiger partial charge in [0.1, 0.15) is 0 Å². The quantitative estimate of drug-likeness (QED) is 0.699. The molecule has 0 aliphatic heterocycles. The van der Waals surface area contributed by atoms with Gasteiger partial charge >= 0.3 is 0 Å². The van der Waals surface area contributed by atoms with Gasteiger partial charge in [-0.15, -0.1) is 0 Å². The van der Waals surface area contributed by atoms with Gasteiger partial charge in [-0.2, -0.15) is 0 Å². The SMILES string of the molecule is CCN(CC)CCCCNc1nc(-c2ccccc2)cc(=O)[nH]1. The zero-order valence-corrected chi connectivity index (χ0v) is 14.0. The molecule has 2 rings (SSSR count). The van der Waals surface area contributed by atoms with Crippen molar-refractivity contribution in [2.24, 2.45) is 0 Å². The first-order valence-electron chi connectivity index (χ1n) is 8.36. The van der Waals surface area contributed by atoms with E-state index < -0.39 is 0 Å². The molecule has 1 aromatic carbocycles. The lowest BCUT2D eigenvalue weighted by Gasteiger charge is -2.17. The topological polar surface area (TPSA) is 61.0 Å². The summed E-state index contributed by atoms with van der Waals surface area (Å²) < 4.78 is 0. The highest BCUT2D eigenvalue weighted by atomic mass is 16.1. The normalized spacial score (nSPS) is 10.9. The van der Waals surface area contributed by atoms with Gasteiger partial charge in [-0.05, 0) is 32.5 Å². The molecule has 0 spiro atoms. The Morgan fingerprint density at radius 1 is 1.13 bits per heavy atom. The van der Waals surface area contributed by atoms with E-state index in [0.29, 0.717) is 11.6 Å². The number of aromatic nitrogens is 2. The summed E-state index contributed by atoms with van der Waals surface area (Å²) in [6, 6.07) is 11.3. The highest BCUT2D eigenvalue weighted by Crippen LogP contribution is 2.15. The van der Waals surface area contributed by atoms with Crippen LogP contribution in [0, 0.1) is 0 Å². The standard InChI is InChI=1S/C18H26N4O/c1-3-22(4-2)13-9-8-12-19-18-20-16(14-17(23)21-18)15-10-6-5-7-11-15/h5-7,10-11,14H,3-4,8-9,12-13H2,1-2H3,(H2,19,20,21,23). The summed E-state index contributed by atoms with van der Waals surface area (Å²) in [6.45, 7) is 8.48. The number of benzene rings is 1. The van der Waals surface area contributed by atoms with Crippen LogP contribution < -0.4 is 10.9 Å². The molecule has 0 radical (unpaired) electrons. The van der Waals surface area contributed by atoms with Crippen LogP contribution in [0.25, 0.3) is 11.3 Å². The highest BCUT2D eigenvalue weighted by Gasteiger charge is 2.03. The first-order valence-corrected chi connectivity index (χ1v) is 8.36. The number of anilines is 1. The van der Waals surface area contributed by atoms with E-state index in [9.17, 15) is 4.79 Å². The fourth-order valence-electron chi connectivity index (χ4n) is 2.51. The minimum atomic E-state index is -0.135. The van der Waals surface area contributed by atoms with Gasteiger partial charge in [-0.25, -0.2) is 4.98 Å². The van der Waals surface area contributed by atoms with Crippen molar-refractivity contribution < 1.29 is 0 Å². The molecule has 2 N–H and O–H groups in total. The highest BCUT2D eigenvalue weighted by molar-refractivity contribution is 5.59. The van der Waals surface area contributed by atoms with E-state index in [-0.39, 0.29) is 5.56 Å². The van der Waals surface area contributed by atoms with Gasteiger partial charge in [0.25, 0.3) is 5.56 Å². The number of unbranched alkanes of at least 4 members (excludes halogenated alkanes) is 1. The summed E-state index contributed by atoms with van der Waals surface area (Å²) in [4.78, 5) is 21.5. The minimum Gasteiger partial charge on any atom is -0.356 e. The van der Waals surface area contributed by atoms with Crippen LogP contribution in [0.15, 0.2) is 41.2 Å². The van der Waals surface area contributed by atoms with E-state index in [0.717, 1.165) is 44.6 Å². The number of hydrogen-bond acceptors (Lipinski definition) is 4. The van der Waals surface area contributed by atoms with Crippen LogP contribution in [-0.2, 0) is 0 Å². The van der Waals surface area contributed by atoms with E-state index in [4.69, 9.17) is 0 Å². The average Bonchev–Trinajstić information content (AvgIpc) is 2.58. The number of H-pyrrole nitrogens is 1. The van der Waals surface area contributed by atoms with Crippen LogP contribution in [0.3, 0.4) is 0 Å². The zero-order valence-electron chi connectivity index (χ0n) is 14.0. The molecule has 23 heavy (non-hydrogen) atoms. The predicted molar refractivity (Wildman–Crippen MR) is 95.8 cm³/mol. The molecule has 5 heteroatoms. The lowest BCUT2D eigenvalue weighted by Crippen LogP contribution is -2.24. The average molecular weight is 314 g/mol. The number of rotatable bonds is 9. The van der Waals surface area contributed by atoms with Gasteiger partial charge in [-0.1, -0.05) is 44.2 Å². The first kappa shape index (κ1) is 17.2. The van der Waals surface area contributed by atoms with Crippen LogP contribution >= 0.6 is 0 Å². The maximum atomic E-state index is 11.8. The van der Waals surface area contributed by atoms with Crippen LogP contribution in [0.2, 0.25) is 0 Å². The second-order valence-electron chi connectivity index (χ2n) is 5.51. The Hall–Kier alpha value is -2.14. The molecule has 0 bridgehead atoms. The molecule has 0 aliphatic carbocycles. The number of hydrogen-bond donors (Lipinski definition) is 2. The Bertz CT molecular complexity index is 635. The van der Waals surface area contributed by atoms with E-state index in [2.05, 4.69) is 34.0 Å². The Morgan fingerprint density at radius 3 is 2.57 bits per heavy atom. The molecule has 0 atom stereocenters. The smallest absolute Gasteiger partial charge is 0.252 e. The van der Waals surface area contributed by atoms with Crippen molar-refractivity contribution in [3.05, 3.63) is 46.8 Å². The van der Waals surface area contributed by atoms with Crippen molar-refractivity contribution in [1.29, 1.82) is 0 Å².